The Bertz CT molecular complexity index is 2410. The van der Waals surface area contributed by atoms with Gasteiger partial charge in [-0.25, -0.2) is 9.97 Å². The zero-order chi connectivity index (χ0) is 37.8. The lowest BCUT2D eigenvalue weighted by atomic mass is 9.88. The van der Waals surface area contributed by atoms with Gasteiger partial charge in [0.25, 0.3) is 0 Å². The van der Waals surface area contributed by atoms with Crippen LogP contribution in [0.15, 0.2) is 109 Å². The van der Waals surface area contributed by atoms with Gasteiger partial charge in [-0.15, -0.1) is 0 Å². The maximum atomic E-state index is 5.26. The van der Waals surface area contributed by atoms with Crippen LogP contribution in [-0.4, -0.2) is 19.1 Å². The molecule has 7 rings (SSSR count). The van der Waals surface area contributed by atoms with Crippen molar-refractivity contribution in [2.75, 3.05) is 4.90 Å². The van der Waals surface area contributed by atoms with E-state index in [1.807, 2.05) is 6.20 Å². The highest BCUT2D eigenvalue weighted by atomic mass is 15.2. The Kier molecular flexibility index (Phi) is 9.40. The second-order valence-electron chi connectivity index (χ2n) is 16.2. The Morgan fingerprint density at radius 2 is 1.26 bits per heavy atom. The lowest BCUT2D eigenvalue weighted by molar-refractivity contribution is 0.588. The molecule has 5 heteroatoms. The summed E-state index contributed by atoms with van der Waals surface area (Å²) in [7, 11) is 0. The van der Waals surface area contributed by atoms with E-state index in [0.717, 1.165) is 45.5 Å². The molecule has 0 saturated carbocycles. The van der Waals surface area contributed by atoms with Crippen LogP contribution in [0.25, 0.3) is 33.8 Å². The second-order valence-corrected chi connectivity index (χ2v) is 16.2. The Hall–Kier alpha value is -5.42. The molecule has 270 valence electrons. The van der Waals surface area contributed by atoms with Gasteiger partial charge >= 0.3 is 0 Å². The van der Waals surface area contributed by atoms with Crippen LogP contribution in [0, 0.1) is 27.7 Å². The summed E-state index contributed by atoms with van der Waals surface area (Å²) in [5, 5.41) is 1.23. The number of benzene rings is 4. The molecule has 0 atom stereocenters. The van der Waals surface area contributed by atoms with Crippen molar-refractivity contribution in [1.82, 2.24) is 19.1 Å². The Morgan fingerprint density at radius 1 is 0.623 bits per heavy atom. The van der Waals surface area contributed by atoms with Gasteiger partial charge in [0, 0.05) is 45.6 Å². The Labute approximate surface area is 316 Å². The monoisotopic (exact) mass is 699 g/mol. The van der Waals surface area contributed by atoms with Crippen molar-refractivity contribution in [3.63, 3.8) is 0 Å². The number of hydrogen-bond acceptors (Lipinski definition) is 3. The molecular weight excluding hydrogens is 647 g/mol. The molecule has 0 saturated heterocycles. The summed E-state index contributed by atoms with van der Waals surface area (Å²) >= 11 is 0. The van der Waals surface area contributed by atoms with E-state index in [-0.39, 0.29) is 5.41 Å². The summed E-state index contributed by atoms with van der Waals surface area (Å²) in [6.45, 7) is 24.6. The molecule has 0 radical (unpaired) electrons. The maximum absolute atomic E-state index is 5.26. The maximum Gasteiger partial charge on any atom is 0.145 e. The van der Waals surface area contributed by atoms with E-state index in [9.17, 15) is 0 Å². The van der Waals surface area contributed by atoms with Gasteiger partial charge in [0.2, 0.25) is 0 Å². The number of para-hydroxylation sites is 2. The van der Waals surface area contributed by atoms with Gasteiger partial charge in [0.05, 0.1) is 16.9 Å². The normalized spacial score (nSPS) is 12.0. The van der Waals surface area contributed by atoms with E-state index in [1.165, 1.54) is 44.7 Å². The standard InChI is InChI=1S/C48H53N5/c1-30(2)41-21-16-22-42(31(3)4)46(41)52-35(8)33(6)50-47(52)36-17-15-20-39(27-36)53(38-18-13-12-14-19-38)40-23-24-43-32(5)34(7)51(44(43)29-40)45-28-37(25-26-49-45)48(9,10)11/h12-31H,1-11H3. The molecular formula is C48H53N5. The van der Waals surface area contributed by atoms with E-state index in [1.54, 1.807) is 0 Å². The molecule has 0 spiro atoms. The van der Waals surface area contributed by atoms with E-state index >= 15 is 0 Å². The van der Waals surface area contributed by atoms with Gasteiger partial charge in [0.1, 0.15) is 11.6 Å². The van der Waals surface area contributed by atoms with E-state index in [0.29, 0.717) is 11.8 Å². The third-order valence-corrected chi connectivity index (χ3v) is 10.9. The fraction of sp³-hybridized carbons (Fsp3) is 0.292. The highest BCUT2D eigenvalue weighted by Gasteiger charge is 2.24. The molecule has 5 nitrogen and oxygen atoms in total. The molecule has 0 bridgehead atoms. The number of fused-ring (bicyclic) bond motifs is 1. The summed E-state index contributed by atoms with van der Waals surface area (Å²) in [5.41, 5.74) is 15.3. The highest BCUT2D eigenvalue weighted by molar-refractivity contribution is 5.92. The summed E-state index contributed by atoms with van der Waals surface area (Å²) in [6.07, 6.45) is 1.94. The molecule has 0 aliphatic heterocycles. The summed E-state index contributed by atoms with van der Waals surface area (Å²) in [5.74, 6) is 2.64. The van der Waals surface area contributed by atoms with Crippen LogP contribution in [0.4, 0.5) is 17.1 Å². The summed E-state index contributed by atoms with van der Waals surface area (Å²) < 4.78 is 4.74. The predicted octanol–water partition coefficient (Wildman–Crippen LogP) is 13.1. The van der Waals surface area contributed by atoms with Crippen LogP contribution in [0.5, 0.6) is 0 Å². The second kappa shape index (κ2) is 13.9. The molecule has 0 aliphatic carbocycles. The summed E-state index contributed by atoms with van der Waals surface area (Å²) in [4.78, 5) is 12.5. The van der Waals surface area contributed by atoms with Crippen molar-refractivity contribution in [1.29, 1.82) is 0 Å². The minimum absolute atomic E-state index is 0.0168. The molecule has 0 unspecified atom stereocenters. The number of anilines is 3. The van der Waals surface area contributed by atoms with E-state index < -0.39 is 0 Å². The molecule has 0 amide bonds. The fourth-order valence-corrected chi connectivity index (χ4v) is 7.66. The van der Waals surface area contributed by atoms with Gasteiger partial charge in [-0.2, -0.15) is 0 Å². The molecule has 4 aromatic carbocycles. The molecule has 0 fully saturated rings. The lowest BCUT2D eigenvalue weighted by Gasteiger charge is -2.27. The number of pyridine rings is 1. The molecule has 53 heavy (non-hydrogen) atoms. The number of nitrogens with zero attached hydrogens (tertiary/aromatic N) is 5. The predicted molar refractivity (Wildman–Crippen MR) is 224 cm³/mol. The van der Waals surface area contributed by atoms with Crippen LogP contribution < -0.4 is 4.90 Å². The van der Waals surface area contributed by atoms with E-state index in [2.05, 4.69) is 193 Å². The minimum Gasteiger partial charge on any atom is -0.310 e. The van der Waals surface area contributed by atoms with Crippen LogP contribution >= 0.6 is 0 Å². The van der Waals surface area contributed by atoms with Crippen molar-refractivity contribution in [3.8, 4) is 22.9 Å². The average Bonchev–Trinajstić information content (AvgIpc) is 3.58. The number of aryl methyl sites for hydroxylation is 2. The molecule has 7 aromatic rings. The average molecular weight is 700 g/mol. The Morgan fingerprint density at radius 3 is 1.92 bits per heavy atom. The molecule has 0 N–H and O–H groups in total. The number of imidazole rings is 1. The largest absolute Gasteiger partial charge is 0.310 e. The zero-order valence-electron chi connectivity index (χ0n) is 33.3. The van der Waals surface area contributed by atoms with Crippen molar-refractivity contribution < 1.29 is 0 Å². The number of rotatable bonds is 8. The first-order chi connectivity index (χ1) is 25.3. The van der Waals surface area contributed by atoms with Crippen LogP contribution in [0.1, 0.15) is 99.6 Å². The zero-order valence-corrected chi connectivity index (χ0v) is 33.3. The minimum atomic E-state index is 0.0168. The van der Waals surface area contributed by atoms with Crippen molar-refractivity contribution in [2.45, 2.75) is 93.4 Å². The van der Waals surface area contributed by atoms with Crippen LogP contribution in [0.2, 0.25) is 0 Å². The molecule has 3 heterocycles. The van der Waals surface area contributed by atoms with Gasteiger partial charge in [-0.1, -0.05) is 103 Å². The van der Waals surface area contributed by atoms with E-state index in [4.69, 9.17) is 9.97 Å². The fourth-order valence-electron chi connectivity index (χ4n) is 7.66. The van der Waals surface area contributed by atoms with Crippen LogP contribution in [-0.2, 0) is 5.41 Å². The molecule has 0 aliphatic rings. The smallest absolute Gasteiger partial charge is 0.145 e. The van der Waals surface area contributed by atoms with Crippen molar-refractivity contribution >= 4 is 28.0 Å². The third kappa shape index (κ3) is 6.47. The summed E-state index contributed by atoms with van der Waals surface area (Å²) in [6, 6.07) is 37.5. The first kappa shape index (κ1) is 36.0. The van der Waals surface area contributed by atoms with Crippen molar-refractivity contribution in [3.05, 3.63) is 149 Å². The first-order valence-corrected chi connectivity index (χ1v) is 19.0. The first-order valence-electron chi connectivity index (χ1n) is 19.0. The van der Waals surface area contributed by atoms with Gasteiger partial charge < -0.3 is 4.90 Å². The quantitative estimate of drug-likeness (QED) is 0.158. The number of aromatic nitrogens is 4. The topological polar surface area (TPSA) is 38.9 Å². The number of hydrogen-bond donors (Lipinski definition) is 0. The van der Waals surface area contributed by atoms with Crippen LogP contribution in [0.3, 0.4) is 0 Å². The SMILES string of the molecule is Cc1nc(-c2cccc(N(c3ccccc3)c3ccc4c(C)c(C)n(-c5cc(C(C)(C)C)ccn5)c4c3)c2)n(-c2c(C(C)C)cccc2C(C)C)c1C. The van der Waals surface area contributed by atoms with Crippen molar-refractivity contribution in [2.24, 2.45) is 0 Å². The lowest BCUT2D eigenvalue weighted by Crippen LogP contribution is -2.13. The highest BCUT2D eigenvalue weighted by Crippen LogP contribution is 2.41. The van der Waals surface area contributed by atoms with Gasteiger partial charge in [0.15, 0.2) is 0 Å². The molecule has 3 aromatic heterocycles. The van der Waals surface area contributed by atoms with Gasteiger partial charge in [-0.05, 0) is 116 Å². The third-order valence-electron chi connectivity index (χ3n) is 10.9. The Balaban J connectivity index is 1.43. The van der Waals surface area contributed by atoms with Gasteiger partial charge in [-0.3, -0.25) is 9.13 Å².